The molecule has 0 aromatic carbocycles. The molecule has 0 aliphatic carbocycles. The molecule has 0 amide bonds. The highest BCUT2D eigenvalue weighted by atomic mass is 15.1. The number of H-pyrrole nitrogens is 1. The number of aryl methyl sites for hydroxylation is 1. The zero-order valence-electron chi connectivity index (χ0n) is 11.1. The van der Waals surface area contributed by atoms with Crippen LogP contribution in [0, 0.1) is 6.92 Å². The van der Waals surface area contributed by atoms with Crippen molar-refractivity contribution in [1.29, 1.82) is 0 Å². The van der Waals surface area contributed by atoms with Crippen molar-refractivity contribution in [3.8, 4) is 0 Å². The molecule has 0 fully saturated rings. The Kier molecular flexibility index (Phi) is 3.92. The summed E-state index contributed by atoms with van der Waals surface area (Å²) in [5.41, 5.74) is 2.07. The van der Waals surface area contributed by atoms with Crippen LogP contribution < -0.4 is 5.32 Å². The van der Waals surface area contributed by atoms with Gasteiger partial charge in [0.15, 0.2) is 0 Å². The van der Waals surface area contributed by atoms with E-state index in [0.29, 0.717) is 11.9 Å². The van der Waals surface area contributed by atoms with Gasteiger partial charge in [-0.3, -0.25) is 0 Å². The van der Waals surface area contributed by atoms with Crippen molar-refractivity contribution in [2.45, 2.75) is 33.1 Å². The van der Waals surface area contributed by atoms with E-state index in [-0.39, 0.29) is 0 Å². The number of aromatic nitrogens is 4. The van der Waals surface area contributed by atoms with Crippen molar-refractivity contribution >= 4 is 5.95 Å². The standard InChI is InChI=1S/C13H19N5/c1-9(2)11-8-10(3)17-13(18-11)16-5-4-12-14-6-7-15-12/h6-9H,4-5H2,1-3H3,(H,14,15)(H,16,17,18). The number of rotatable bonds is 5. The molecule has 0 aliphatic rings. The van der Waals surface area contributed by atoms with Crippen molar-refractivity contribution in [2.75, 3.05) is 11.9 Å². The highest BCUT2D eigenvalue weighted by Crippen LogP contribution is 2.14. The molecule has 0 unspecified atom stereocenters. The Morgan fingerprint density at radius 1 is 1.33 bits per heavy atom. The van der Waals surface area contributed by atoms with Gasteiger partial charge >= 0.3 is 0 Å². The van der Waals surface area contributed by atoms with E-state index >= 15 is 0 Å². The average Bonchev–Trinajstić information content (AvgIpc) is 2.81. The maximum atomic E-state index is 4.50. The molecule has 0 bridgehead atoms. The molecule has 0 spiro atoms. The van der Waals surface area contributed by atoms with Crippen molar-refractivity contribution in [1.82, 2.24) is 19.9 Å². The summed E-state index contributed by atoms with van der Waals surface area (Å²) < 4.78 is 0. The van der Waals surface area contributed by atoms with Crippen molar-refractivity contribution in [3.05, 3.63) is 35.7 Å². The van der Waals surface area contributed by atoms with Crippen LogP contribution in [0.2, 0.25) is 0 Å². The number of hydrogen-bond acceptors (Lipinski definition) is 4. The van der Waals surface area contributed by atoms with Crippen molar-refractivity contribution in [2.24, 2.45) is 0 Å². The largest absolute Gasteiger partial charge is 0.354 e. The number of imidazole rings is 1. The van der Waals surface area contributed by atoms with Gasteiger partial charge in [0.05, 0.1) is 0 Å². The first-order chi connectivity index (χ1) is 8.65. The lowest BCUT2D eigenvalue weighted by molar-refractivity contribution is 0.806. The molecule has 0 atom stereocenters. The maximum Gasteiger partial charge on any atom is 0.223 e. The van der Waals surface area contributed by atoms with Gasteiger partial charge in [0, 0.05) is 36.7 Å². The smallest absolute Gasteiger partial charge is 0.223 e. The lowest BCUT2D eigenvalue weighted by atomic mass is 10.1. The summed E-state index contributed by atoms with van der Waals surface area (Å²) in [6, 6.07) is 2.03. The maximum absolute atomic E-state index is 4.50. The topological polar surface area (TPSA) is 66.5 Å². The van der Waals surface area contributed by atoms with Crippen molar-refractivity contribution in [3.63, 3.8) is 0 Å². The highest BCUT2D eigenvalue weighted by molar-refractivity contribution is 5.29. The molecule has 2 rings (SSSR count). The monoisotopic (exact) mass is 245 g/mol. The summed E-state index contributed by atoms with van der Waals surface area (Å²) >= 11 is 0. The molecule has 5 nitrogen and oxygen atoms in total. The van der Waals surface area contributed by atoms with Crippen LogP contribution in [0.3, 0.4) is 0 Å². The van der Waals surface area contributed by atoms with Crippen LogP contribution in [-0.4, -0.2) is 26.5 Å². The fourth-order valence-corrected chi connectivity index (χ4v) is 1.70. The van der Waals surface area contributed by atoms with Crippen LogP contribution in [0.25, 0.3) is 0 Å². The molecule has 0 aliphatic heterocycles. The Balaban J connectivity index is 1.96. The van der Waals surface area contributed by atoms with E-state index in [9.17, 15) is 0 Å². The Morgan fingerprint density at radius 3 is 2.83 bits per heavy atom. The molecular weight excluding hydrogens is 226 g/mol. The van der Waals surface area contributed by atoms with E-state index in [1.54, 1.807) is 6.20 Å². The van der Waals surface area contributed by atoms with Gasteiger partial charge in [-0.1, -0.05) is 13.8 Å². The molecule has 2 heterocycles. The predicted octanol–water partition coefficient (Wildman–Crippen LogP) is 2.29. The van der Waals surface area contributed by atoms with E-state index in [4.69, 9.17) is 0 Å². The molecule has 0 saturated carbocycles. The molecule has 96 valence electrons. The zero-order chi connectivity index (χ0) is 13.0. The minimum absolute atomic E-state index is 0.414. The number of nitrogens with zero attached hydrogens (tertiary/aromatic N) is 3. The molecule has 0 saturated heterocycles. The van der Waals surface area contributed by atoms with Crippen LogP contribution in [0.5, 0.6) is 0 Å². The lowest BCUT2D eigenvalue weighted by Gasteiger charge is -2.09. The average molecular weight is 245 g/mol. The summed E-state index contributed by atoms with van der Waals surface area (Å²) in [6.07, 6.45) is 4.42. The highest BCUT2D eigenvalue weighted by Gasteiger charge is 2.05. The summed E-state index contributed by atoms with van der Waals surface area (Å²) in [5.74, 6) is 2.09. The Labute approximate surface area is 107 Å². The summed E-state index contributed by atoms with van der Waals surface area (Å²) in [5, 5.41) is 3.24. The normalized spacial score (nSPS) is 10.9. The first kappa shape index (κ1) is 12.5. The van der Waals surface area contributed by atoms with Gasteiger partial charge in [-0.25, -0.2) is 15.0 Å². The summed E-state index contributed by atoms with van der Waals surface area (Å²) in [6.45, 7) is 7.03. The minimum Gasteiger partial charge on any atom is -0.354 e. The Bertz CT molecular complexity index is 490. The van der Waals surface area contributed by atoms with E-state index in [2.05, 4.69) is 39.1 Å². The van der Waals surface area contributed by atoms with Crippen LogP contribution in [-0.2, 0) is 6.42 Å². The van der Waals surface area contributed by atoms with Gasteiger partial charge in [0.25, 0.3) is 0 Å². The number of nitrogens with one attached hydrogen (secondary N) is 2. The summed E-state index contributed by atoms with van der Waals surface area (Å²) in [4.78, 5) is 16.1. The van der Waals surface area contributed by atoms with Gasteiger partial charge in [-0.15, -0.1) is 0 Å². The fraction of sp³-hybridized carbons (Fsp3) is 0.462. The van der Waals surface area contributed by atoms with E-state index in [1.165, 1.54) is 0 Å². The fourth-order valence-electron chi connectivity index (χ4n) is 1.70. The van der Waals surface area contributed by atoms with Gasteiger partial charge < -0.3 is 10.3 Å². The second-order valence-corrected chi connectivity index (χ2v) is 4.63. The first-order valence-electron chi connectivity index (χ1n) is 6.23. The van der Waals surface area contributed by atoms with Crippen LogP contribution in [0.15, 0.2) is 18.5 Å². The van der Waals surface area contributed by atoms with Gasteiger partial charge in [0.1, 0.15) is 5.82 Å². The van der Waals surface area contributed by atoms with Gasteiger partial charge in [-0.2, -0.15) is 0 Å². The number of hydrogen-bond donors (Lipinski definition) is 2. The first-order valence-corrected chi connectivity index (χ1v) is 6.23. The quantitative estimate of drug-likeness (QED) is 0.848. The second kappa shape index (κ2) is 5.62. The number of anilines is 1. The van der Waals surface area contributed by atoms with Crippen LogP contribution in [0.1, 0.15) is 37.0 Å². The van der Waals surface area contributed by atoms with Crippen molar-refractivity contribution < 1.29 is 0 Å². The van der Waals surface area contributed by atoms with E-state index in [0.717, 1.165) is 30.2 Å². The number of aromatic amines is 1. The Hall–Kier alpha value is -1.91. The molecular formula is C13H19N5. The summed E-state index contributed by atoms with van der Waals surface area (Å²) in [7, 11) is 0. The van der Waals surface area contributed by atoms with Crippen LogP contribution >= 0.6 is 0 Å². The SMILES string of the molecule is Cc1cc(C(C)C)nc(NCCc2ncc[nH]2)n1. The zero-order valence-corrected chi connectivity index (χ0v) is 11.1. The third-order valence-corrected chi connectivity index (χ3v) is 2.67. The molecule has 2 N–H and O–H groups in total. The third-order valence-electron chi connectivity index (χ3n) is 2.67. The lowest BCUT2D eigenvalue weighted by Crippen LogP contribution is -2.10. The molecule has 0 radical (unpaired) electrons. The predicted molar refractivity (Wildman–Crippen MR) is 71.6 cm³/mol. The van der Waals surface area contributed by atoms with Gasteiger partial charge in [-0.05, 0) is 18.9 Å². The Morgan fingerprint density at radius 2 is 2.17 bits per heavy atom. The molecule has 5 heteroatoms. The van der Waals surface area contributed by atoms with E-state index < -0.39 is 0 Å². The third kappa shape index (κ3) is 3.29. The molecule has 2 aromatic rings. The molecule has 2 aromatic heterocycles. The molecule has 18 heavy (non-hydrogen) atoms. The van der Waals surface area contributed by atoms with Crippen LogP contribution in [0.4, 0.5) is 5.95 Å². The van der Waals surface area contributed by atoms with E-state index in [1.807, 2.05) is 19.2 Å². The van der Waals surface area contributed by atoms with Gasteiger partial charge in [0.2, 0.25) is 5.95 Å². The second-order valence-electron chi connectivity index (χ2n) is 4.63. The minimum atomic E-state index is 0.414.